The maximum absolute atomic E-state index is 10.7. The van der Waals surface area contributed by atoms with Gasteiger partial charge in [-0.3, -0.25) is 0 Å². The molecule has 5 heteroatoms. The SMILES string of the molecule is COc1c(O)cc2c3c1COc1cc(O)c(Cc4ccc(O)cc4)c(c1-3)CC2. The number of aryl methyl sites for hydroxylation is 1. The number of phenolic OH excluding ortho intramolecular Hbond substituents is 3. The highest BCUT2D eigenvalue weighted by Crippen LogP contribution is 2.53. The van der Waals surface area contributed by atoms with Crippen LogP contribution >= 0.6 is 0 Å². The minimum atomic E-state index is 0.134. The van der Waals surface area contributed by atoms with Gasteiger partial charge in [0.05, 0.1) is 7.11 Å². The van der Waals surface area contributed by atoms with Gasteiger partial charge in [-0.05, 0) is 53.3 Å². The van der Waals surface area contributed by atoms with Gasteiger partial charge in [0.1, 0.15) is 23.9 Å². The van der Waals surface area contributed by atoms with Crippen molar-refractivity contribution >= 4 is 0 Å². The third kappa shape index (κ3) is 2.39. The van der Waals surface area contributed by atoms with Crippen LogP contribution in [0.25, 0.3) is 11.1 Å². The van der Waals surface area contributed by atoms with Crippen molar-refractivity contribution in [2.75, 3.05) is 7.11 Å². The molecule has 5 rings (SSSR count). The van der Waals surface area contributed by atoms with Crippen molar-refractivity contribution < 1.29 is 24.8 Å². The summed E-state index contributed by atoms with van der Waals surface area (Å²) in [5.41, 5.74) is 6.94. The van der Waals surface area contributed by atoms with Crippen molar-refractivity contribution in [1.82, 2.24) is 0 Å². The number of rotatable bonds is 3. The molecular formula is C23H20O5. The molecule has 142 valence electrons. The Kier molecular flexibility index (Phi) is 3.66. The molecule has 5 nitrogen and oxygen atoms in total. The van der Waals surface area contributed by atoms with Gasteiger partial charge in [-0.15, -0.1) is 0 Å². The topological polar surface area (TPSA) is 79.2 Å². The van der Waals surface area contributed by atoms with Crippen molar-refractivity contribution in [2.45, 2.75) is 25.9 Å². The molecular weight excluding hydrogens is 356 g/mol. The van der Waals surface area contributed by atoms with Gasteiger partial charge in [0.2, 0.25) is 0 Å². The van der Waals surface area contributed by atoms with Crippen LogP contribution in [0, 0.1) is 0 Å². The zero-order chi connectivity index (χ0) is 19.4. The van der Waals surface area contributed by atoms with Crippen LogP contribution in [0.1, 0.15) is 27.8 Å². The standard InChI is InChI=1S/C23H20O5/c1-27-23-17-11-28-20-10-18(25)16(8-12-2-5-14(24)6-3-12)15-7-4-13(9-19(23)26)21(17)22(15)20/h2-3,5-6,9-10,24-26H,4,7-8,11H2,1H3. The first-order chi connectivity index (χ1) is 13.6. The molecule has 0 fully saturated rings. The van der Waals surface area contributed by atoms with E-state index < -0.39 is 0 Å². The minimum absolute atomic E-state index is 0.134. The molecule has 0 saturated carbocycles. The van der Waals surface area contributed by atoms with E-state index in [1.165, 1.54) is 0 Å². The van der Waals surface area contributed by atoms with Crippen LogP contribution in [0.2, 0.25) is 0 Å². The Morgan fingerprint density at radius 2 is 1.71 bits per heavy atom. The first-order valence-corrected chi connectivity index (χ1v) is 9.27. The molecule has 2 aliphatic rings. The average molecular weight is 376 g/mol. The summed E-state index contributed by atoms with van der Waals surface area (Å²) < 4.78 is 11.4. The molecule has 1 heterocycles. The Labute approximate surface area is 162 Å². The van der Waals surface area contributed by atoms with Crippen LogP contribution in [0.5, 0.6) is 28.7 Å². The van der Waals surface area contributed by atoms with Crippen molar-refractivity contribution in [1.29, 1.82) is 0 Å². The van der Waals surface area contributed by atoms with E-state index >= 15 is 0 Å². The highest BCUT2D eigenvalue weighted by molar-refractivity contribution is 5.87. The quantitative estimate of drug-likeness (QED) is 0.642. The van der Waals surface area contributed by atoms with Crippen LogP contribution in [0.4, 0.5) is 0 Å². The number of hydrogen-bond donors (Lipinski definition) is 3. The monoisotopic (exact) mass is 376 g/mol. The third-order valence-electron chi connectivity index (χ3n) is 5.72. The zero-order valence-electron chi connectivity index (χ0n) is 15.5. The van der Waals surface area contributed by atoms with Crippen molar-refractivity contribution in [3.63, 3.8) is 0 Å². The van der Waals surface area contributed by atoms with Gasteiger partial charge in [0, 0.05) is 29.2 Å². The fourth-order valence-corrected chi connectivity index (χ4v) is 4.47. The number of aromatic hydroxyl groups is 3. The number of ether oxygens (including phenoxy) is 2. The molecule has 1 aliphatic heterocycles. The van der Waals surface area contributed by atoms with Gasteiger partial charge in [-0.2, -0.15) is 0 Å². The molecule has 0 atom stereocenters. The van der Waals surface area contributed by atoms with E-state index in [0.717, 1.165) is 51.8 Å². The highest BCUT2D eigenvalue weighted by Gasteiger charge is 2.33. The molecule has 0 spiro atoms. The predicted octanol–water partition coefficient (Wildman–Crippen LogP) is 4.06. The maximum Gasteiger partial charge on any atom is 0.167 e. The summed E-state index contributed by atoms with van der Waals surface area (Å²) >= 11 is 0. The van der Waals surface area contributed by atoms with Crippen LogP contribution in [0.15, 0.2) is 36.4 Å². The molecule has 1 aliphatic carbocycles. The van der Waals surface area contributed by atoms with Crippen LogP contribution in [-0.4, -0.2) is 22.4 Å². The van der Waals surface area contributed by atoms with Crippen LogP contribution in [0.3, 0.4) is 0 Å². The lowest BCUT2D eigenvalue weighted by Gasteiger charge is -2.32. The molecule has 3 aromatic rings. The summed E-state index contributed by atoms with van der Waals surface area (Å²) in [7, 11) is 1.55. The summed E-state index contributed by atoms with van der Waals surface area (Å²) in [5.74, 6) is 1.70. The van der Waals surface area contributed by atoms with E-state index in [4.69, 9.17) is 9.47 Å². The van der Waals surface area contributed by atoms with Gasteiger partial charge < -0.3 is 24.8 Å². The first-order valence-electron chi connectivity index (χ1n) is 9.27. The Hall–Kier alpha value is -3.34. The number of methoxy groups -OCH3 is 1. The van der Waals surface area contributed by atoms with E-state index in [1.807, 2.05) is 12.1 Å². The number of hydrogen-bond acceptors (Lipinski definition) is 5. The Morgan fingerprint density at radius 1 is 0.929 bits per heavy atom. The van der Waals surface area contributed by atoms with Crippen molar-refractivity contribution in [3.05, 3.63) is 64.2 Å². The molecule has 0 radical (unpaired) electrons. The molecule has 0 bridgehead atoms. The summed E-state index contributed by atoms with van der Waals surface area (Å²) in [6.07, 6.45) is 2.10. The molecule has 0 saturated heterocycles. The van der Waals surface area contributed by atoms with Crippen LogP contribution in [-0.2, 0) is 25.9 Å². The van der Waals surface area contributed by atoms with Crippen LogP contribution < -0.4 is 9.47 Å². The first kappa shape index (κ1) is 16.8. The second-order valence-corrected chi connectivity index (χ2v) is 7.30. The fraction of sp³-hybridized carbons (Fsp3) is 0.217. The number of phenols is 3. The average Bonchev–Trinajstić information content (AvgIpc) is 2.69. The lowest BCUT2D eigenvalue weighted by atomic mass is 9.78. The molecule has 0 aromatic heterocycles. The third-order valence-corrected chi connectivity index (χ3v) is 5.72. The van der Waals surface area contributed by atoms with Gasteiger partial charge in [-0.1, -0.05) is 12.1 Å². The fourth-order valence-electron chi connectivity index (χ4n) is 4.47. The minimum Gasteiger partial charge on any atom is -0.508 e. The van der Waals surface area contributed by atoms with E-state index in [0.29, 0.717) is 24.5 Å². The molecule has 0 amide bonds. The second kappa shape index (κ2) is 6.09. The maximum atomic E-state index is 10.7. The molecule has 3 aromatic carbocycles. The Balaban J connectivity index is 1.72. The molecule has 3 N–H and O–H groups in total. The molecule has 28 heavy (non-hydrogen) atoms. The number of benzene rings is 3. The van der Waals surface area contributed by atoms with E-state index in [9.17, 15) is 15.3 Å². The lowest BCUT2D eigenvalue weighted by molar-refractivity contribution is 0.285. The van der Waals surface area contributed by atoms with E-state index in [1.54, 1.807) is 31.4 Å². The normalized spacial score (nSPS) is 13.6. The van der Waals surface area contributed by atoms with Gasteiger partial charge in [0.15, 0.2) is 11.5 Å². The van der Waals surface area contributed by atoms with Gasteiger partial charge in [0.25, 0.3) is 0 Å². The van der Waals surface area contributed by atoms with Gasteiger partial charge >= 0.3 is 0 Å². The summed E-state index contributed by atoms with van der Waals surface area (Å²) in [4.78, 5) is 0. The van der Waals surface area contributed by atoms with E-state index in [-0.39, 0.29) is 17.2 Å². The zero-order valence-corrected chi connectivity index (χ0v) is 15.5. The predicted molar refractivity (Wildman–Crippen MR) is 104 cm³/mol. The Bertz CT molecular complexity index is 1100. The van der Waals surface area contributed by atoms with Gasteiger partial charge in [-0.25, -0.2) is 0 Å². The smallest absolute Gasteiger partial charge is 0.167 e. The van der Waals surface area contributed by atoms with Crippen molar-refractivity contribution in [3.8, 4) is 39.9 Å². The molecule has 0 unspecified atom stereocenters. The lowest BCUT2D eigenvalue weighted by Crippen LogP contribution is -2.17. The van der Waals surface area contributed by atoms with Crippen molar-refractivity contribution in [2.24, 2.45) is 0 Å². The summed E-state index contributed by atoms with van der Waals surface area (Å²) in [5, 5.41) is 30.6. The highest BCUT2D eigenvalue weighted by atomic mass is 16.5. The summed E-state index contributed by atoms with van der Waals surface area (Å²) in [6, 6.07) is 10.5. The second-order valence-electron chi connectivity index (χ2n) is 7.30. The Morgan fingerprint density at radius 3 is 2.46 bits per heavy atom. The summed E-state index contributed by atoms with van der Waals surface area (Å²) in [6.45, 7) is 0.295. The van der Waals surface area contributed by atoms with E-state index in [2.05, 4.69) is 0 Å². The largest absolute Gasteiger partial charge is 0.508 e.